The molecule has 0 amide bonds. The van der Waals surface area contributed by atoms with Gasteiger partial charge in [0.15, 0.2) is 11.5 Å². The molecule has 0 spiro atoms. The standard InChI is InChI=1S/C32H30N10O/c1-39-14-11-23(19-29(39)43)26-8-9-27-32(37-26)42(31(38-27)25-3-2-12-35-30(25)33)24-6-4-22(5-7-24)20-40-15-17-41(18-16-40)28-10-13-34-21-36-28/h2-14,19,21H,15-18,20H2,1H3,(H2,33,35). The van der Waals surface area contributed by atoms with Crippen LogP contribution in [0.4, 0.5) is 11.6 Å². The second-order valence-corrected chi connectivity index (χ2v) is 10.6. The van der Waals surface area contributed by atoms with Crippen LogP contribution in [0.5, 0.6) is 0 Å². The minimum Gasteiger partial charge on any atom is -0.383 e. The van der Waals surface area contributed by atoms with Crippen molar-refractivity contribution in [3.05, 3.63) is 108 Å². The molecule has 0 saturated carbocycles. The first-order valence-electron chi connectivity index (χ1n) is 14.1. The third-order valence-electron chi connectivity index (χ3n) is 7.85. The second kappa shape index (κ2) is 11.1. The van der Waals surface area contributed by atoms with Crippen LogP contribution < -0.4 is 16.2 Å². The zero-order valence-corrected chi connectivity index (χ0v) is 23.7. The van der Waals surface area contributed by atoms with E-state index in [1.54, 1.807) is 38.0 Å². The fourth-order valence-corrected chi connectivity index (χ4v) is 5.47. The van der Waals surface area contributed by atoms with Crippen molar-refractivity contribution < 1.29 is 0 Å². The van der Waals surface area contributed by atoms with E-state index in [0.29, 0.717) is 23.0 Å². The fourth-order valence-electron chi connectivity index (χ4n) is 5.47. The van der Waals surface area contributed by atoms with Crippen LogP contribution in [0.15, 0.2) is 96.4 Å². The Morgan fingerprint density at radius 3 is 2.47 bits per heavy atom. The maximum absolute atomic E-state index is 12.3. The van der Waals surface area contributed by atoms with Crippen LogP contribution >= 0.6 is 0 Å². The highest BCUT2D eigenvalue weighted by molar-refractivity contribution is 5.84. The lowest BCUT2D eigenvalue weighted by atomic mass is 10.1. The molecule has 1 aromatic carbocycles. The van der Waals surface area contributed by atoms with Gasteiger partial charge < -0.3 is 15.2 Å². The molecule has 5 aromatic heterocycles. The smallest absolute Gasteiger partial charge is 0.250 e. The topological polar surface area (TPSA) is 124 Å². The molecule has 11 heteroatoms. The molecule has 0 aliphatic carbocycles. The normalized spacial score (nSPS) is 13.9. The maximum Gasteiger partial charge on any atom is 0.250 e. The Hall–Kier alpha value is -5.42. The first-order valence-corrected chi connectivity index (χ1v) is 14.1. The van der Waals surface area contributed by atoms with Gasteiger partial charge in [-0.05, 0) is 54.1 Å². The van der Waals surface area contributed by atoms with E-state index in [4.69, 9.17) is 15.7 Å². The Bertz CT molecular complexity index is 1960. The zero-order chi connectivity index (χ0) is 29.3. The Morgan fingerprint density at radius 2 is 1.72 bits per heavy atom. The molecule has 0 atom stereocenters. The number of rotatable bonds is 6. The first-order chi connectivity index (χ1) is 21.0. The third kappa shape index (κ3) is 5.22. The van der Waals surface area contributed by atoms with Crippen molar-refractivity contribution >= 4 is 22.8 Å². The average Bonchev–Trinajstić information content (AvgIpc) is 3.42. The minimum atomic E-state index is -0.0947. The molecule has 1 saturated heterocycles. The Balaban J connectivity index is 1.21. The highest BCUT2D eigenvalue weighted by atomic mass is 16.1. The fraction of sp³-hybridized carbons (Fsp3) is 0.188. The molecule has 0 radical (unpaired) electrons. The van der Waals surface area contributed by atoms with Gasteiger partial charge in [-0.25, -0.2) is 24.9 Å². The summed E-state index contributed by atoms with van der Waals surface area (Å²) in [5, 5.41) is 0. The summed E-state index contributed by atoms with van der Waals surface area (Å²) in [6, 6.07) is 21.5. The van der Waals surface area contributed by atoms with E-state index in [-0.39, 0.29) is 5.56 Å². The van der Waals surface area contributed by atoms with Gasteiger partial charge in [0, 0.05) is 75.7 Å². The SMILES string of the molecule is Cn1ccc(-c2ccc3nc(-c4cccnc4N)n(-c4ccc(CN5CCN(c6ccncn6)CC5)cc4)c3n2)cc1=O. The highest BCUT2D eigenvalue weighted by Gasteiger charge is 2.20. The lowest BCUT2D eigenvalue weighted by Gasteiger charge is -2.35. The van der Waals surface area contributed by atoms with E-state index in [9.17, 15) is 4.79 Å². The number of fused-ring (bicyclic) bond motifs is 1. The number of nitrogen functional groups attached to an aromatic ring is 1. The summed E-state index contributed by atoms with van der Waals surface area (Å²) in [6.07, 6.45) is 6.80. The van der Waals surface area contributed by atoms with E-state index in [2.05, 4.69) is 49.0 Å². The van der Waals surface area contributed by atoms with Crippen molar-refractivity contribution in [2.24, 2.45) is 7.05 Å². The van der Waals surface area contributed by atoms with Crippen molar-refractivity contribution in [2.75, 3.05) is 36.8 Å². The summed E-state index contributed by atoms with van der Waals surface area (Å²) in [7, 11) is 1.73. The third-order valence-corrected chi connectivity index (χ3v) is 7.85. The Labute approximate surface area is 247 Å². The predicted molar refractivity (Wildman–Crippen MR) is 167 cm³/mol. The molecule has 6 aromatic rings. The highest BCUT2D eigenvalue weighted by Crippen LogP contribution is 2.31. The first kappa shape index (κ1) is 26.5. The number of imidazole rings is 1. The summed E-state index contributed by atoms with van der Waals surface area (Å²) in [4.78, 5) is 39.7. The number of aryl methyl sites for hydroxylation is 1. The molecule has 214 valence electrons. The number of piperazine rings is 1. The number of nitrogens with zero attached hydrogens (tertiary/aromatic N) is 9. The van der Waals surface area contributed by atoms with Gasteiger partial charge in [-0.2, -0.15) is 0 Å². The van der Waals surface area contributed by atoms with Gasteiger partial charge in [-0.1, -0.05) is 12.1 Å². The molecular formula is C32H30N10O. The lowest BCUT2D eigenvalue weighted by molar-refractivity contribution is 0.249. The van der Waals surface area contributed by atoms with Crippen LogP contribution in [-0.2, 0) is 13.6 Å². The molecule has 43 heavy (non-hydrogen) atoms. The van der Waals surface area contributed by atoms with E-state index >= 15 is 0 Å². The number of benzene rings is 1. The number of nitrogens with two attached hydrogens (primary N) is 1. The summed E-state index contributed by atoms with van der Waals surface area (Å²) < 4.78 is 3.55. The van der Waals surface area contributed by atoms with Gasteiger partial charge >= 0.3 is 0 Å². The van der Waals surface area contributed by atoms with Crippen molar-refractivity contribution in [1.82, 2.24) is 39.0 Å². The molecule has 1 fully saturated rings. The van der Waals surface area contributed by atoms with Crippen LogP contribution in [-0.4, -0.2) is 65.1 Å². The van der Waals surface area contributed by atoms with Gasteiger partial charge in [0.1, 0.15) is 23.5 Å². The number of aromatic nitrogens is 7. The molecule has 6 heterocycles. The van der Waals surface area contributed by atoms with Crippen molar-refractivity contribution in [3.8, 4) is 28.3 Å². The van der Waals surface area contributed by atoms with Crippen LogP contribution in [0.2, 0.25) is 0 Å². The van der Waals surface area contributed by atoms with Crippen molar-refractivity contribution in [1.29, 1.82) is 0 Å². The molecular weight excluding hydrogens is 540 g/mol. The van der Waals surface area contributed by atoms with Gasteiger partial charge in [0.2, 0.25) is 0 Å². The predicted octanol–water partition coefficient (Wildman–Crippen LogP) is 3.54. The van der Waals surface area contributed by atoms with E-state index in [0.717, 1.165) is 60.9 Å². The molecule has 1 aliphatic rings. The van der Waals surface area contributed by atoms with E-state index in [1.807, 2.05) is 41.0 Å². The molecule has 1 aliphatic heterocycles. The molecule has 7 rings (SSSR count). The molecule has 0 bridgehead atoms. The summed E-state index contributed by atoms with van der Waals surface area (Å²) in [5.74, 6) is 2.02. The molecule has 0 unspecified atom stereocenters. The van der Waals surface area contributed by atoms with Crippen molar-refractivity contribution in [2.45, 2.75) is 6.54 Å². The minimum absolute atomic E-state index is 0.0947. The summed E-state index contributed by atoms with van der Waals surface area (Å²) in [5.41, 5.74) is 11.9. The van der Waals surface area contributed by atoms with E-state index in [1.165, 1.54) is 10.1 Å². The van der Waals surface area contributed by atoms with Gasteiger partial charge in [0.05, 0.1) is 11.3 Å². The van der Waals surface area contributed by atoms with E-state index < -0.39 is 0 Å². The second-order valence-electron chi connectivity index (χ2n) is 10.6. The van der Waals surface area contributed by atoms with Gasteiger partial charge in [-0.3, -0.25) is 14.3 Å². The lowest BCUT2D eigenvalue weighted by Crippen LogP contribution is -2.46. The van der Waals surface area contributed by atoms with Crippen molar-refractivity contribution in [3.63, 3.8) is 0 Å². The largest absolute Gasteiger partial charge is 0.383 e. The van der Waals surface area contributed by atoms with Crippen LogP contribution in [0.3, 0.4) is 0 Å². The number of pyridine rings is 3. The van der Waals surface area contributed by atoms with Crippen LogP contribution in [0.1, 0.15) is 5.56 Å². The maximum atomic E-state index is 12.3. The molecule has 11 nitrogen and oxygen atoms in total. The number of anilines is 2. The quantitative estimate of drug-likeness (QED) is 0.320. The number of hydrogen-bond acceptors (Lipinski definition) is 9. The Kier molecular flexibility index (Phi) is 6.84. The van der Waals surface area contributed by atoms with Gasteiger partial charge in [0.25, 0.3) is 5.56 Å². The van der Waals surface area contributed by atoms with Crippen LogP contribution in [0.25, 0.3) is 39.5 Å². The van der Waals surface area contributed by atoms with Crippen LogP contribution in [0, 0.1) is 0 Å². The Morgan fingerprint density at radius 1 is 0.884 bits per heavy atom. The van der Waals surface area contributed by atoms with Gasteiger partial charge in [-0.15, -0.1) is 0 Å². The summed E-state index contributed by atoms with van der Waals surface area (Å²) >= 11 is 0. The summed E-state index contributed by atoms with van der Waals surface area (Å²) in [6.45, 7) is 4.62. The molecule has 2 N–H and O–H groups in total. The zero-order valence-electron chi connectivity index (χ0n) is 23.7. The monoisotopic (exact) mass is 570 g/mol. The average molecular weight is 571 g/mol. The number of hydrogen-bond donors (Lipinski definition) is 1.